The SMILES string of the molecule is O=C(N[C@@H](c1ccccc1)c1ccc2c3c(cccc13)CC2)C(c1ccccc1)c1ccccc1. The van der Waals surface area contributed by atoms with Gasteiger partial charge in [0.1, 0.15) is 0 Å². The topological polar surface area (TPSA) is 29.1 Å². The molecule has 0 bridgehead atoms. The molecule has 2 heteroatoms. The first-order valence-corrected chi connectivity index (χ1v) is 12.3. The van der Waals surface area contributed by atoms with Crippen molar-refractivity contribution in [3.63, 3.8) is 0 Å². The standard InChI is InChI=1S/C33H27NO/c35-33(31(23-11-4-1-5-12-23)24-13-6-2-7-14-24)34-32(27-15-8-3-9-16-27)29-22-21-26-20-19-25-17-10-18-28(29)30(25)26/h1-18,21-22,31-32H,19-20H2,(H,34,35)/t32-/m0/s1. The molecule has 1 atom stereocenters. The van der Waals surface area contributed by atoms with Crippen molar-refractivity contribution in [1.29, 1.82) is 0 Å². The Kier molecular flexibility index (Phi) is 5.64. The number of hydrogen-bond donors (Lipinski definition) is 1. The molecule has 0 heterocycles. The molecule has 0 saturated heterocycles. The molecule has 170 valence electrons. The number of nitrogens with one attached hydrogen (secondary N) is 1. The van der Waals surface area contributed by atoms with Gasteiger partial charge in [0.15, 0.2) is 0 Å². The van der Waals surface area contributed by atoms with E-state index in [1.807, 2.05) is 78.9 Å². The number of benzene rings is 5. The lowest BCUT2D eigenvalue weighted by Gasteiger charge is -2.25. The Labute approximate surface area is 206 Å². The van der Waals surface area contributed by atoms with Crippen LogP contribution in [0.3, 0.4) is 0 Å². The predicted octanol–water partition coefficient (Wildman–Crippen LogP) is 6.98. The average molecular weight is 454 g/mol. The van der Waals surface area contributed by atoms with Gasteiger partial charge in [-0.05, 0) is 57.0 Å². The van der Waals surface area contributed by atoms with Gasteiger partial charge >= 0.3 is 0 Å². The second-order valence-electron chi connectivity index (χ2n) is 9.26. The molecular weight excluding hydrogens is 426 g/mol. The van der Waals surface area contributed by atoms with Gasteiger partial charge in [-0.1, -0.05) is 121 Å². The molecule has 0 fully saturated rings. The molecule has 0 spiro atoms. The smallest absolute Gasteiger partial charge is 0.232 e. The molecule has 5 aromatic carbocycles. The minimum Gasteiger partial charge on any atom is -0.344 e. The van der Waals surface area contributed by atoms with E-state index in [2.05, 4.69) is 47.8 Å². The van der Waals surface area contributed by atoms with E-state index in [0.29, 0.717) is 0 Å². The normalized spacial score (nSPS) is 13.2. The van der Waals surface area contributed by atoms with Crippen molar-refractivity contribution in [2.24, 2.45) is 0 Å². The molecule has 1 aliphatic rings. The molecule has 0 aromatic heterocycles. The van der Waals surface area contributed by atoms with E-state index in [-0.39, 0.29) is 17.9 Å². The summed E-state index contributed by atoms with van der Waals surface area (Å²) < 4.78 is 0. The van der Waals surface area contributed by atoms with Gasteiger partial charge in [0.25, 0.3) is 0 Å². The van der Waals surface area contributed by atoms with Crippen LogP contribution in [0.5, 0.6) is 0 Å². The van der Waals surface area contributed by atoms with Gasteiger partial charge in [0.05, 0.1) is 12.0 Å². The monoisotopic (exact) mass is 453 g/mol. The van der Waals surface area contributed by atoms with Crippen LogP contribution >= 0.6 is 0 Å². The highest BCUT2D eigenvalue weighted by molar-refractivity contribution is 5.95. The maximum Gasteiger partial charge on any atom is 0.232 e. The van der Waals surface area contributed by atoms with Crippen LogP contribution in [0.1, 0.15) is 45.3 Å². The first-order valence-electron chi connectivity index (χ1n) is 12.3. The molecule has 0 unspecified atom stereocenters. The number of aryl methyl sites for hydroxylation is 2. The van der Waals surface area contributed by atoms with E-state index < -0.39 is 0 Å². The van der Waals surface area contributed by atoms with Crippen LogP contribution in [0.15, 0.2) is 121 Å². The molecule has 6 rings (SSSR count). The minimum atomic E-state index is -0.389. The molecule has 0 saturated carbocycles. The Balaban J connectivity index is 1.46. The lowest BCUT2D eigenvalue weighted by molar-refractivity contribution is -0.122. The zero-order chi connectivity index (χ0) is 23.6. The molecule has 1 amide bonds. The van der Waals surface area contributed by atoms with Crippen molar-refractivity contribution in [1.82, 2.24) is 5.32 Å². The van der Waals surface area contributed by atoms with Gasteiger partial charge in [-0.2, -0.15) is 0 Å². The fourth-order valence-electron chi connectivity index (χ4n) is 5.52. The predicted molar refractivity (Wildman–Crippen MR) is 143 cm³/mol. The molecule has 5 aromatic rings. The highest BCUT2D eigenvalue weighted by atomic mass is 16.1. The zero-order valence-electron chi connectivity index (χ0n) is 19.5. The highest BCUT2D eigenvalue weighted by Crippen LogP contribution is 2.37. The first-order chi connectivity index (χ1) is 17.3. The summed E-state index contributed by atoms with van der Waals surface area (Å²) in [7, 11) is 0. The molecule has 2 nitrogen and oxygen atoms in total. The third-order valence-corrected chi connectivity index (χ3v) is 7.17. The summed E-state index contributed by atoms with van der Waals surface area (Å²) in [5.41, 5.74) is 7.02. The Morgan fingerprint density at radius 1 is 0.571 bits per heavy atom. The van der Waals surface area contributed by atoms with Gasteiger partial charge in [-0.15, -0.1) is 0 Å². The van der Waals surface area contributed by atoms with Crippen LogP contribution in [-0.4, -0.2) is 5.91 Å². The summed E-state index contributed by atoms with van der Waals surface area (Å²) >= 11 is 0. The Morgan fingerprint density at radius 3 is 1.71 bits per heavy atom. The van der Waals surface area contributed by atoms with Crippen molar-refractivity contribution in [2.75, 3.05) is 0 Å². The number of hydrogen-bond acceptors (Lipinski definition) is 1. The fraction of sp³-hybridized carbons (Fsp3) is 0.121. The molecule has 1 aliphatic carbocycles. The fourth-order valence-corrected chi connectivity index (χ4v) is 5.52. The van der Waals surface area contributed by atoms with Crippen molar-refractivity contribution in [2.45, 2.75) is 24.8 Å². The number of carbonyl (C=O) groups is 1. The third-order valence-electron chi connectivity index (χ3n) is 7.17. The second kappa shape index (κ2) is 9.23. The van der Waals surface area contributed by atoms with Crippen molar-refractivity contribution < 1.29 is 4.79 Å². The van der Waals surface area contributed by atoms with Gasteiger partial charge in [0.2, 0.25) is 5.91 Å². The van der Waals surface area contributed by atoms with Crippen LogP contribution in [0.4, 0.5) is 0 Å². The van der Waals surface area contributed by atoms with Crippen molar-refractivity contribution in [3.8, 4) is 0 Å². The Hall–Kier alpha value is -4.17. The van der Waals surface area contributed by atoms with Crippen LogP contribution in [0.2, 0.25) is 0 Å². The van der Waals surface area contributed by atoms with Crippen molar-refractivity contribution in [3.05, 3.63) is 155 Å². The van der Waals surface area contributed by atoms with E-state index in [0.717, 1.165) is 35.1 Å². The van der Waals surface area contributed by atoms with E-state index in [1.165, 1.54) is 21.9 Å². The summed E-state index contributed by atoms with van der Waals surface area (Å²) in [5.74, 6) is -0.389. The van der Waals surface area contributed by atoms with Gasteiger partial charge in [-0.3, -0.25) is 4.79 Å². The number of amides is 1. The summed E-state index contributed by atoms with van der Waals surface area (Å²) in [4.78, 5) is 14.1. The molecular formula is C33H27NO. The third kappa shape index (κ3) is 4.02. The van der Waals surface area contributed by atoms with Crippen LogP contribution < -0.4 is 5.32 Å². The highest BCUT2D eigenvalue weighted by Gasteiger charge is 2.28. The van der Waals surface area contributed by atoms with Crippen LogP contribution in [0, 0.1) is 0 Å². The van der Waals surface area contributed by atoms with E-state index in [4.69, 9.17) is 0 Å². The minimum absolute atomic E-state index is 0.000457. The zero-order valence-corrected chi connectivity index (χ0v) is 19.5. The number of rotatable bonds is 6. The summed E-state index contributed by atoms with van der Waals surface area (Å²) in [6.07, 6.45) is 2.17. The Morgan fingerprint density at radius 2 is 1.11 bits per heavy atom. The Bertz CT molecular complexity index is 1430. The van der Waals surface area contributed by atoms with Crippen molar-refractivity contribution >= 4 is 16.7 Å². The molecule has 0 aliphatic heterocycles. The maximum atomic E-state index is 14.1. The largest absolute Gasteiger partial charge is 0.344 e. The summed E-state index contributed by atoms with van der Waals surface area (Å²) in [5, 5.41) is 6.06. The lowest BCUT2D eigenvalue weighted by Crippen LogP contribution is -2.34. The van der Waals surface area contributed by atoms with E-state index >= 15 is 0 Å². The lowest BCUT2D eigenvalue weighted by atomic mass is 9.88. The maximum absolute atomic E-state index is 14.1. The van der Waals surface area contributed by atoms with E-state index in [9.17, 15) is 4.79 Å². The van der Waals surface area contributed by atoms with Gasteiger partial charge in [0, 0.05) is 0 Å². The first kappa shape index (κ1) is 21.4. The van der Waals surface area contributed by atoms with E-state index in [1.54, 1.807) is 0 Å². The second-order valence-corrected chi connectivity index (χ2v) is 9.26. The summed E-state index contributed by atoms with van der Waals surface area (Å²) in [6, 6.07) is 41.2. The quantitative estimate of drug-likeness (QED) is 0.295. The molecule has 1 N–H and O–H groups in total. The summed E-state index contributed by atoms with van der Waals surface area (Å²) in [6.45, 7) is 0. The molecule has 0 radical (unpaired) electrons. The average Bonchev–Trinajstić information content (AvgIpc) is 3.34. The van der Waals surface area contributed by atoms with Crippen LogP contribution in [0.25, 0.3) is 10.8 Å². The van der Waals surface area contributed by atoms with Crippen LogP contribution in [-0.2, 0) is 17.6 Å². The molecule has 35 heavy (non-hydrogen) atoms. The number of carbonyl (C=O) groups excluding carboxylic acids is 1. The van der Waals surface area contributed by atoms with Gasteiger partial charge in [-0.25, -0.2) is 0 Å². The van der Waals surface area contributed by atoms with Gasteiger partial charge < -0.3 is 5.32 Å².